The molecule has 2 unspecified atom stereocenters. The quantitative estimate of drug-likeness (QED) is 0.624. The summed E-state index contributed by atoms with van der Waals surface area (Å²) in [6.45, 7) is 3.03. The first-order chi connectivity index (χ1) is 15.4. The van der Waals surface area contributed by atoms with Crippen molar-refractivity contribution in [3.63, 3.8) is 0 Å². The lowest BCUT2D eigenvalue weighted by Gasteiger charge is -2.42. The number of nitrogens with zero attached hydrogens (tertiary/aromatic N) is 4. The lowest BCUT2D eigenvalue weighted by atomic mass is 10.1. The van der Waals surface area contributed by atoms with Gasteiger partial charge in [0, 0.05) is 42.8 Å². The van der Waals surface area contributed by atoms with Gasteiger partial charge in [-0.25, -0.2) is 9.48 Å². The van der Waals surface area contributed by atoms with Crippen molar-refractivity contribution in [1.29, 1.82) is 5.41 Å². The third-order valence-electron chi connectivity index (χ3n) is 5.91. The van der Waals surface area contributed by atoms with Crippen LogP contribution in [0.5, 0.6) is 0 Å². The number of likely N-dealkylation sites (tertiary alicyclic amines) is 1. The van der Waals surface area contributed by atoms with Gasteiger partial charge in [-0.15, -0.1) is 0 Å². The molecule has 1 amide bonds. The van der Waals surface area contributed by atoms with E-state index in [1.54, 1.807) is 12.3 Å². The van der Waals surface area contributed by atoms with Crippen molar-refractivity contribution in [2.45, 2.75) is 45.3 Å². The molecule has 0 radical (unpaired) electrons. The average Bonchev–Trinajstić information content (AvgIpc) is 3.48. The highest BCUT2D eigenvalue weighted by molar-refractivity contribution is 5.83. The number of aromatic amines is 1. The molecule has 0 spiro atoms. The Bertz CT molecular complexity index is 984. The van der Waals surface area contributed by atoms with Gasteiger partial charge in [0.2, 0.25) is 0 Å². The summed E-state index contributed by atoms with van der Waals surface area (Å²) in [6.07, 6.45) is 8.98. The smallest absolute Gasteiger partial charge is 0.410 e. The maximum absolute atomic E-state index is 12.8. The second-order valence-electron chi connectivity index (χ2n) is 8.68. The van der Waals surface area contributed by atoms with Crippen molar-refractivity contribution in [1.82, 2.24) is 24.6 Å². The highest BCUT2D eigenvalue weighted by atomic mass is 19.3. The van der Waals surface area contributed by atoms with Crippen LogP contribution in [0, 0.1) is 11.3 Å². The van der Waals surface area contributed by atoms with Crippen molar-refractivity contribution < 1.29 is 18.3 Å². The molecule has 172 valence electrons. The number of piperazine rings is 1. The Hall–Kier alpha value is -3.17. The predicted octanol–water partition coefficient (Wildman–Crippen LogP) is 4.20. The number of hydrogen-bond acceptors (Lipinski definition) is 5. The average molecular weight is 447 g/mol. The number of aromatic nitrogens is 3. The van der Waals surface area contributed by atoms with Crippen LogP contribution in [0.25, 0.3) is 16.8 Å². The van der Waals surface area contributed by atoms with Gasteiger partial charge in [-0.1, -0.05) is 13.8 Å². The molecule has 4 heterocycles. The largest absolute Gasteiger partial charge is 0.449 e. The molecule has 2 atom stereocenters. The third kappa shape index (κ3) is 4.39. The fourth-order valence-corrected chi connectivity index (χ4v) is 4.46. The number of fused-ring (bicyclic) bond motifs is 2. The monoisotopic (exact) mass is 446 g/mol. The number of hydrogen-bond donors (Lipinski definition) is 2. The van der Waals surface area contributed by atoms with Gasteiger partial charge in [0.05, 0.1) is 36.3 Å². The Morgan fingerprint density at radius 3 is 2.62 bits per heavy atom. The number of nitrogens with one attached hydrogen (secondary N) is 2. The van der Waals surface area contributed by atoms with E-state index < -0.39 is 6.55 Å². The number of carbonyl (C=O) groups is 1. The fourth-order valence-electron chi connectivity index (χ4n) is 4.46. The molecule has 0 aliphatic carbocycles. The molecular formula is C22H28F2N6O2. The fraction of sp³-hybridized carbons (Fsp3) is 0.500. The molecule has 2 aromatic heterocycles. The Morgan fingerprint density at radius 1 is 1.31 bits per heavy atom. The summed E-state index contributed by atoms with van der Waals surface area (Å²) in [5.41, 5.74) is 2.93. The summed E-state index contributed by atoms with van der Waals surface area (Å²) < 4.78 is 31.8. The van der Waals surface area contributed by atoms with Gasteiger partial charge in [0.25, 0.3) is 0 Å². The highest BCUT2D eigenvalue weighted by Crippen LogP contribution is 2.35. The van der Waals surface area contributed by atoms with E-state index in [0.29, 0.717) is 29.9 Å². The van der Waals surface area contributed by atoms with Crippen LogP contribution in [-0.4, -0.2) is 68.7 Å². The number of ether oxygens (including phenoxy) is 1. The Kier molecular flexibility index (Phi) is 6.29. The van der Waals surface area contributed by atoms with E-state index in [9.17, 15) is 13.6 Å². The highest BCUT2D eigenvalue weighted by Gasteiger charge is 2.44. The second-order valence-corrected chi connectivity index (χ2v) is 8.68. The van der Waals surface area contributed by atoms with E-state index in [0.717, 1.165) is 29.8 Å². The van der Waals surface area contributed by atoms with Gasteiger partial charge < -0.3 is 20.0 Å². The maximum atomic E-state index is 12.8. The number of allylic oxidation sites excluding steroid dienone is 1. The van der Waals surface area contributed by atoms with E-state index in [-0.39, 0.29) is 24.1 Å². The second kappa shape index (κ2) is 9.13. The predicted molar refractivity (Wildman–Crippen MR) is 116 cm³/mol. The van der Waals surface area contributed by atoms with Crippen LogP contribution in [0.4, 0.5) is 13.6 Å². The topological polar surface area (TPSA) is 90.2 Å². The van der Waals surface area contributed by atoms with E-state index in [1.165, 1.54) is 18.6 Å². The minimum Gasteiger partial charge on any atom is -0.449 e. The number of amides is 1. The summed E-state index contributed by atoms with van der Waals surface area (Å²) in [5.74, 6) is 0.287. The van der Waals surface area contributed by atoms with Crippen LogP contribution in [0.3, 0.4) is 0 Å². The lowest BCUT2D eigenvalue weighted by Crippen LogP contribution is -2.55. The van der Waals surface area contributed by atoms with Gasteiger partial charge in [0.1, 0.15) is 0 Å². The SMILES string of the molecule is CC(C)COC(=O)N1C2CCC1CN(/C(=C/C=N)c1cc(-c3cnn(C(F)F)c3)c[nH]1)C2. The molecule has 2 aliphatic rings. The Labute approximate surface area is 185 Å². The molecule has 0 saturated carbocycles. The molecule has 2 aromatic rings. The van der Waals surface area contributed by atoms with Crippen molar-refractivity contribution in [2.24, 2.45) is 5.92 Å². The summed E-state index contributed by atoms with van der Waals surface area (Å²) >= 11 is 0. The number of alkyl halides is 2. The van der Waals surface area contributed by atoms with Crippen LogP contribution in [0.2, 0.25) is 0 Å². The molecule has 8 nitrogen and oxygen atoms in total. The van der Waals surface area contributed by atoms with Crippen LogP contribution in [0.15, 0.2) is 30.7 Å². The van der Waals surface area contributed by atoms with E-state index in [4.69, 9.17) is 10.1 Å². The Balaban J connectivity index is 1.50. The zero-order valence-corrected chi connectivity index (χ0v) is 18.2. The van der Waals surface area contributed by atoms with Gasteiger partial charge in [0.15, 0.2) is 0 Å². The zero-order valence-electron chi connectivity index (χ0n) is 18.2. The van der Waals surface area contributed by atoms with Crippen LogP contribution in [-0.2, 0) is 4.74 Å². The summed E-state index contributed by atoms with van der Waals surface area (Å²) in [7, 11) is 0. The van der Waals surface area contributed by atoms with E-state index in [1.807, 2.05) is 24.8 Å². The number of carbonyl (C=O) groups excluding carboxylic acids is 1. The molecular weight excluding hydrogens is 418 g/mol. The molecule has 2 N–H and O–H groups in total. The molecule has 2 saturated heterocycles. The van der Waals surface area contributed by atoms with Gasteiger partial charge in [-0.05, 0) is 30.9 Å². The molecule has 4 rings (SSSR count). The Morgan fingerprint density at radius 2 is 2.03 bits per heavy atom. The number of H-pyrrole nitrogens is 1. The summed E-state index contributed by atoms with van der Waals surface area (Å²) in [5, 5.41) is 11.3. The first kappa shape index (κ1) is 22.0. The first-order valence-corrected chi connectivity index (χ1v) is 10.8. The molecule has 32 heavy (non-hydrogen) atoms. The zero-order chi connectivity index (χ0) is 22.8. The minimum absolute atomic E-state index is 0.0567. The molecule has 2 fully saturated rings. The van der Waals surface area contributed by atoms with Gasteiger partial charge in [-0.3, -0.25) is 4.90 Å². The molecule has 2 bridgehead atoms. The molecule has 0 aromatic carbocycles. The van der Waals surface area contributed by atoms with Crippen LogP contribution in [0.1, 0.15) is 38.9 Å². The number of rotatable bonds is 7. The van der Waals surface area contributed by atoms with Crippen molar-refractivity contribution >= 4 is 18.0 Å². The third-order valence-corrected chi connectivity index (χ3v) is 5.91. The standard InChI is InChI=1S/C22H28F2N6O2/c1-14(2)13-32-22(31)30-17-3-4-18(30)12-28(11-17)20(5-6-25)19-7-15(8-26-19)16-9-27-29(10-16)21(23)24/h5-10,14,17-18,21,25-26H,3-4,11-13H2,1-2H3/b20-5+,25-6?. The first-order valence-electron chi connectivity index (χ1n) is 10.8. The summed E-state index contributed by atoms with van der Waals surface area (Å²) in [4.78, 5) is 19.9. The van der Waals surface area contributed by atoms with E-state index >= 15 is 0 Å². The van der Waals surface area contributed by atoms with Crippen molar-refractivity contribution in [2.75, 3.05) is 19.7 Å². The number of halogens is 2. The normalized spacial score (nSPS) is 21.0. The molecule has 10 heteroatoms. The van der Waals surface area contributed by atoms with Crippen LogP contribution < -0.4 is 0 Å². The van der Waals surface area contributed by atoms with E-state index in [2.05, 4.69) is 15.0 Å². The van der Waals surface area contributed by atoms with Crippen molar-refractivity contribution in [3.05, 3.63) is 36.4 Å². The van der Waals surface area contributed by atoms with Crippen molar-refractivity contribution in [3.8, 4) is 11.1 Å². The lowest BCUT2D eigenvalue weighted by molar-refractivity contribution is 0.0500. The van der Waals surface area contributed by atoms with Gasteiger partial charge >= 0.3 is 12.6 Å². The van der Waals surface area contributed by atoms with Gasteiger partial charge in [-0.2, -0.15) is 13.9 Å². The summed E-state index contributed by atoms with van der Waals surface area (Å²) in [6, 6.07) is 1.98. The maximum Gasteiger partial charge on any atom is 0.410 e. The molecule has 2 aliphatic heterocycles. The van der Waals surface area contributed by atoms with Crippen LogP contribution >= 0.6 is 0 Å². The minimum atomic E-state index is -2.69.